The summed E-state index contributed by atoms with van der Waals surface area (Å²) in [7, 11) is 0. The van der Waals surface area contributed by atoms with Crippen molar-refractivity contribution < 1.29 is 0 Å². The van der Waals surface area contributed by atoms with Gasteiger partial charge in [0.2, 0.25) is 0 Å². The lowest BCUT2D eigenvalue weighted by atomic mass is 10.0. The van der Waals surface area contributed by atoms with E-state index < -0.39 is 0 Å². The van der Waals surface area contributed by atoms with Crippen LogP contribution in [0.1, 0.15) is 53.9 Å². The molecule has 0 aromatic carbocycles. The molecule has 0 fully saturated rings. The smallest absolute Gasteiger partial charge is 0.0322 e. The molecular weight excluding hydrogens is 180 g/mol. The largest absolute Gasteiger partial charge is 0.0859 e. The molecule has 0 radical (unpaired) electrons. The Labute approximate surface area is 95.8 Å². The van der Waals surface area contributed by atoms with Crippen molar-refractivity contribution in [2.45, 2.75) is 53.9 Å². The second kappa shape index (κ2) is 8.52. The molecule has 0 saturated heterocycles. The molecule has 0 aliphatic carbocycles. The van der Waals surface area contributed by atoms with Crippen molar-refractivity contribution in [1.29, 1.82) is 0 Å². The van der Waals surface area contributed by atoms with E-state index in [9.17, 15) is 0 Å². The molecule has 86 valence electrons. The van der Waals surface area contributed by atoms with Gasteiger partial charge in [0.25, 0.3) is 0 Å². The molecule has 0 heterocycles. The molecule has 0 amide bonds. The normalized spacial score (nSPS) is 14.3. The van der Waals surface area contributed by atoms with Crippen LogP contribution in [-0.4, -0.2) is 0 Å². The van der Waals surface area contributed by atoms with Crippen LogP contribution in [0.25, 0.3) is 0 Å². The maximum Gasteiger partial charge on any atom is -0.0322 e. The highest BCUT2D eigenvalue weighted by molar-refractivity contribution is 5.14. The Bertz CT molecular complexity index is 237. The Morgan fingerprint density at radius 1 is 1.20 bits per heavy atom. The van der Waals surface area contributed by atoms with Crippen molar-refractivity contribution in [3.8, 4) is 0 Å². The van der Waals surface area contributed by atoms with Gasteiger partial charge in [0, 0.05) is 0 Å². The monoisotopic (exact) mass is 206 g/mol. The Morgan fingerprint density at radius 3 is 2.40 bits per heavy atom. The summed E-state index contributed by atoms with van der Waals surface area (Å²) < 4.78 is 0. The first-order valence-electron chi connectivity index (χ1n) is 5.99. The molecule has 0 nitrogen and oxygen atoms in total. The summed E-state index contributed by atoms with van der Waals surface area (Å²) in [4.78, 5) is 0. The van der Waals surface area contributed by atoms with Gasteiger partial charge in [-0.05, 0) is 52.9 Å². The van der Waals surface area contributed by atoms with Crippen LogP contribution >= 0.6 is 0 Å². The van der Waals surface area contributed by atoms with Gasteiger partial charge in [0.05, 0.1) is 0 Å². The van der Waals surface area contributed by atoms with E-state index in [-0.39, 0.29) is 0 Å². The molecule has 0 N–H and O–H groups in total. The van der Waals surface area contributed by atoms with Gasteiger partial charge in [-0.2, -0.15) is 0 Å². The fourth-order valence-electron chi connectivity index (χ4n) is 1.36. The van der Waals surface area contributed by atoms with E-state index in [4.69, 9.17) is 0 Å². The molecule has 0 bridgehead atoms. The summed E-state index contributed by atoms with van der Waals surface area (Å²) >= 11 is 0. The molecule has 0 aliphatic heterocycles. The van der Waals surface area contributed by atoms with E-state index in [1.807, 2.05) is 0 Å². The molecular formula is C15H26. The van der Waals surface area contributed by atoms with Crippen LogP contribution in [0.5, 0.6) is 0 Å². The molecule has 0 heteroatoms. The second-order valence-electron chi connectivity index (χ2n) is 4.63. The molecule has 0 aromatic heterocycles. The maximum atomic E-state index is 2.33. The van der Waals surface area contributed by atoms with Crippen LogP contribution in [0.4, 0.5) is 0 Å². The standard InChI is InChI=1S/C15H26/c1-6-14(4)10-8-12-15(5)11-7-9-13(2)3/h6,8-10,15H,7,11-12H2,1-5H3/b10-8+,14-6+/t15-/m0/s1. The Morgan fingerprint density at radius 2 is 1.87 bits per heavy atom. The quantitative estimate of drug-likeness (QED) is 0.409. The van der Waals surface area contributed by atoms with Gasteiger partial charge in [-0.15, -0.1) is 0 Å². The first kappa shape index (κ1) is 14.2. The highest BCUT2D eigenvalue weighted by Gasteiger charge is 1.97. The predicted molar refractivity (Wildman–Crippen MR) is 71.0 cm³/mol. The van der Waals surface area contributed by atoms with E-state index in [1.54, 1.807) is 0 Å². The molecule has 15 heavy (non-hydrogen) atoms. The highest BCUT2D eigenvalue weighted by atomic mass is 14.0. The van der Waals surface area contributed by atoms with Gasteiger partial charge < -0.3 is 0 Å². The topological polar surface area (TPSA) is 0 Å². The average Bonchev–Trinajstić information content (AvgIpc) is 2.17. The van der Waals surface area contributed by atoms with Crippen LogP contribution in [0.3, 0.4) is 0 Å². The number of hydrogen-bond donors (Lipinski definition) is 0. The lowest BCUT2D eigenvalue weighted by Gasteiger charge is -2.06. The van der Waals surface area contributed by atoms with Crippen molar-refractivity contribution in [1.82, 2.24) is 0 Å². The third kappa shape index (κ3) is 9.52. The van der Waals surface area contributed by atoms with Crippen molar-refractivity contribution in [3.05, 3.63) is 35.5 Å². The van der Waals surface area contributed by atoms with Crippen LogP contribution in [0.2, 0.25) is 0 Å². The number of allylic oxidation sites excluding steroid dienone is 6. The molecule has 1 atom stereocenters. The summed E-state index contributed by atoms with van der Waals surface area (Å²) in [6.07, 6.45) is 12.7. The summed E-state index contributed by atoms with van der Waals surface area (Å²) in [6, 6.07) is 0. The lowest BCUT2D eigenvalue weighted by molar-refractivity contribution is 0.545. The van der Waals surface area contributed by atoms with Crippen molar-refractivity contribution in [3.63, 3.8) is 0 Å². The van der Waals surface area contributed by atoms with E-state index >= 15 is 0 Å². The van der Waals surface area contributed by atoms with E-state index in [2.05, 4.69) is 58.9 Å². The molecule has 0 spiro atoms. The Hall–Kier alpha value is -0.780. The Kier molecular flexibility index (Phi) is 8.08. The molecule has 0 aromatic rings. The van der Waals surface area contributed by atoms with Gasteiger partial charge in [-0.25, -0.2) is 0 Å². The minimum Gasteiger partial charge on any atom is -0.0859 e. The minimum absolute atomic E-state index is 0.793. The van der Waals surface area contributed by atoms with E-state index in [0.29, 0.717) is 0 Å². The van der Waals surface area contributed by atoms with Gasteiger partial charge in [-0.3, -0.25) is 0 Å². The summed E-state index contributed by atoms with van der Waals surface area (Å²) in [5, 5.41) is 0. The molecule has 0 aliphatic rings. The third-order valence-electron chi connectivity index (χ3n) is 2.59. The average molecular weight is 206 g/mol. The fraction of sp³-hybridized carbons (Fsp3) is 0.600. The first-order valence-corrected chi connectivity index (χ1v) is 5.99. The van der Waals surface area contributed by atoms with Crippen molar-refractivity contribution in [2.24, 2.45) is 5.92 Å². The van der Waals surface area contributed by atoms with Crippen LogP contribution in [0, 0.1) is 5.92 Å². The van der Waals surface area contributed by atoms with Crippen LogP contribution < -0.4 is 0 Å². The third-order valence-corrected chi connectivity index (χ3v) is 2.59. The minimum atomic E-state index is 0.793. The maximum absolute atomic E-state index is 2.33. The van der Waals surface area contributed by atoms with Gasteiger partial charge in [0.1, 0.15) is 0 Å². The summed E-state index contributed by atoms with van der Waals surface area (Å²) in [6.45, 7) is 10.9. The van der Waals surface area contributed by atoms with Crippen molar-refractivity contribution in [2.75, 3.05) is 0 Å². The van der Waals surface area contributed by atoms with E-state index in [0.717, 1.165) is 5.92 Å². The van der Waals surface area contributed by atoms with E-state index in [1.165, 1.54) is 30.4 Å². The zero-order chi connectivity index (χ0) is 11.7. The first-order chi connectivity index (χ1) is 7.06. The van der Waals surface area contributed by atoms with Crippen LogP contribution in [-0.2, 0) is 0 Å². The van der Waals surface area contributed by atoms with Gasteiger partial charge in [0.15, 0.2) is 0 Å². The number of hydrogen-bond acceptors (Lipinski definition) is 0. The zero-order valence-electron chi connectivity index (χ0n) is 11.0. The van der Waals surface area contributed by atoms with Gasteiger partial charge in [-0.1, -0.05) is 42.4 Å². The summed E-state index contributed by atoms with van der Waals surface area (Å²) in [5.74, 6) is 0.793. The molecule has 0 rings (SSSR count). The fourth-order valence-corrected chi connectivity index (χ4v) is 1.36. The predicted octanol–water partition coefficient (Wildman–Crippen LogP) is 5.28. The van der Waals surface area contributed by atoms with Gasteiger partial charge >= 0.3 is 0 Å². The Balaban J connectivity index is 3.71. The zero-order valence-corrected chi connectivity index (χ0v) is 11.0. The highest BCUT2D eigenvalue weighted by Crippen LogP contribution is 2.12. The number of rotatable bonds is 6. The lowest BCUT2D eigenvalue weighted by Crippen LogP contribution is -1.91. The second-order valence-corrected chi connectivity index (χ2v) is 4.63. The summed E-state index contributed by atoms with van der Waals surface area (Å²) in [5.41, 5.74) is 2.79. The van der Waals surface area contributed by atoms with Crippen LogP contribution in [0.15, 0.2) is 35.5 Å². The molecule has 0 saturated carbocycles. The van der Waals surface area contributed by atoms with Crippen molar-refractivity contribution >= 4 is 0 Å². The SMILES string of the molecule is C/C=C(C)/C=C/C[C@@H](C)CCC=C(C)C. The molecule has 0 unspecified atom stereocenters.